The van der Waals surface area contributed by atoms with Crippen molar-refractivity contribution in [3.63, 3.8) is 0 Å². The van der Waals surface area contributed by atoms with Crippen LogP contribution in [0.3, 0.4) is 0 Å². The third-order valence-electron chi connectivity index (χ3n) is 6.07. The molecule has 5 heteroatoms. The minimum atomic E-state index is -0.519. The van der Waals surface area contributed by atoms with Crippen LogP contribution >= 0.6 is 0 Å². The van der Waals surface area contributed by atoms with Gasteiger partial charge in [0.05, 0.1) is 0 Å². The molecule has 2 aromatic carbocycles. The van der Waals surface area contributed by atoms with Gasteiger partial charge in [0, 0.05) is 12.6 Å². The van der Waals surface area contributed by atoms with Crippen molar-refractivity contribution in [3.8, 4) is 5.75 Å². The number of carbonyl (C=O) groups excluding carboxylic acids is 2. The van der Waals surface area contributed by atoms with E-state index in [4.69, 9.17) is 4.74 Å². The molecule has 1 aliphatic rings. The molecule has 0 aromatic heterocycles. The minimum Gasteiger partial charge on any atom is -0.484 e. The number of benzene rings is 2. The molecular weight excluding hydrogens is 388 g/mol. The predicted octanol–water partition coefficient (Wildman–Crippen LogP) is 4.55. The zero-order valence-corrected chi connectivity index (χ0v) is 18.9. The van der Waals surface area contributed by atoms with Crippen molar-refractivity contribution in [3.05, 3.63) is 65.2 Å². The summed E-state index contributed by atoms with van der Waals surface area (Å²) >= 11 is 0. The monoisotopic (exact) mass is 422 g/mol. The van der Waals surface area contributed by atoms with E-state index in [1.807, 2.05) is 69.3 Å². The van der Waals surface area contributed by atoms with Gasteiger partial charge in [0.1, 0.15) is 11.8 Å². The van der Waals surface area contributed by atoms with Gasteiger partial charge in [0.25, 0.3) is 5.91 Å². The number of rotatable bonds is 9. The summed E-state index contributed by atoms with van der Waals surface area (Å²) in [5.74, 6) is 0.405. The Balaban J connectivity index is 1.76. The van der Waals surface area contributed by atoms with Crippen LogP contribution in [-0.2, 0) is 16.1 Å². The van der Waals surface area contributed by atoms with Crippen LogP contribution in [0.2, 0.25) is 0 Å². The first-order chi connectivity index (χ1) is 15.0. The molecule has 1 saturated carbocycles. The van der Waals surface area contributed by atoms with Gasteiger partial charge in [0.15, 0.2) is 6.61 Å². The SMILES string of the molecule is CC[C@@H](C(=O)NC1CCCC1)N(Cc1ccccc1C)C(=O)COc1ccc(C)cc1. The summed E-state index contributed by atoms with van der Waals surface area (Å²) < 4.78 is 5.76. The van der Waals surface area contributed by atoms with Crippen LogP contribution in [-0.4, -0.2) is 35.4 Å². The molecule has 0 radical (unpaired) electrons. The van der Waals surface area contributed by atoms with E-state index in [0.717, 1.165) is 42.4 Å². The molecule has 3 rings (SSSR count). The molecule has 0 aliphatic heterocycles. The molecule has 1 atom stereocenters. The lowest BCUT2D eigenvalue weighted by molar-refractivity contribution is -0.143. The number of ether oxygens (including phenoxy) is 1. The Kier molecular flexibility index (Phi) is 8.10. The lowest BCUT2D eigenvalue weighted by Gasteiger charge is -2.32. The molecule has 31 heavy (non-hydrogen) atoms. The molecule has 1 N–H and O–H groups in total. The average Bonchev–Trinajstić information content (AvgIpc) is 3.27. The highest BCUT2D eigenvalue weighted by atomic mass is 16.5. The number of hydrogen-bond donors (Lipinski definition) is 1. The highest BCUT2D eigenvalue weighted by molar-refractivity contribution is 5.88. The van der Waals surface area contributed by atoms with Gasteiger partial charge in [-0.15, -0.1) is 0 Å². The highest BCUT2D eigenvalue weighted by Crippen LogP contribution is 2.20. The zero-order valence-electron chi connectivity index (χ0n) is 18.9. The fourth-order valence-electron chi connectivity index (χ4n) is 4.12. The molecule has 2 aromatic rings. The first-order valence-electron chi connectivity index (χ1n) is 11.3. The number of amides is 2. The lowest BCUT2D eigenvalue weighted by atomic mass is 10.1. The van der Waals surface area contributed by atoms with Crippen molar-refractivity contribution in [2.75, 3.05) is 6.61 Å². The maximum absolute atomic E-state index is 13.3. The number of nitrogens with zero attached hydrogens (tertiary/aromatic N) is 1. The lowest BCUT2D eigenvalue weighted by Crippen LogP contribution is -2.52. The molecule has 0 bridgehead atoms. The smallest absolute Gasteiger partial charge is 0.261 e. The first-order valence-corrected chi connectivity index (χ1v) is 11.3. The van der Waals surface area contributed by atoms with Gasteiger partial charge in [-0.05, 0) is 56.4 Å². The molecule has 5 nitrogen and oxygen atoms in total. The normalized spacial score (nSPS) is 14.8. The van der Waals surface area contributed by atoms with E-state index in [1.54, 1.807) is 4.90 Å². The van der Waals surface area contributed by atoms with Crippen LogP contribution in [0, 0.1) is 13.8 Å². The number of aryl methyl sites for hydroxylation is 2. The second-order valence-corrected chi connectivity index (χ2v) is 8.46. The Morgan fingerprint density at radius 2 is 1.74 bits per heavy atom. The number of hydrogen-bond acceptors (Lipinski definition) is 3. The molecule has 0 saturated heterocycles. The summed E-state index contributed by atoms with van der Waals surface area (Å²) in [7, 11) is 0. The van der Waals surface area contributed by atoms with E-state index in [1.165, 1.54) is 0 Å². The topological polar surface area (TPSA) is 58.6 Å². The van der Waals surface area contributed by atoms with E-state index >= 15 is 0 Å². The van der Waals surface area contributed by atoms with E-state index in [2.05, 4.69) is 5.32 Å². The summed E-state index contributed by atoms with van der Waals surface area (Å²) in [6, 6.07) is 15.3. The quantitative estimate of drug-likeness (QED) is 0.645. The Morgan fingerprint density at radius 1 is 1.06 bits per heavy atom. The van der Waals surface area contributed by atoms with Gasteiger partial charge in [-0.1, -0.05) is 61.7 Å². The maximum atomic E-state index is 13.3. The van der Waals surface area contributed by atoms with Crippen molar-refractivity contribution >= 4 is 11.8 Å². The van der Waals surface area contributed by atoms with Crippen molar-refractivity contribution < 1.29 is 14.3 Å². The summed E-state index contributed by atoms with van der Waals surface area (Å²) in [5.41, 5.74) is 3.28. The molecule has 1 fully saturated rings. The van der Waals surface area contributed by atoms with Crippen LogP contribution in [0.1, 0.15) is 55.7 Å². The molecule has 0 spiro atoms. The van der Waals surface area contributed by atoms with E-state index in [-0.39, 0.29) is 24.5 Å². The molecule has 0 heterocycles. The Bertz CT molecular complexity index is 872. The summed E-state index contributed by atoms with van der Waals surface area (Å²) in [5, 5.41) is 3.17. The maximum Gasteiger partial charge on any atom is 0.261 e. The van der Waals surface area contributed by atoms with Gasteiger partial charge >= 0.3 is 0 Å². The van der Waals surface area contributed by atoms with E-state index < -0.39 is 6.04 Å². The van der Waals surface area contributed by atoms with Crippen molar-refractivity contribution in [2.24, 2.45) is 0 Å². The van der Waals surface area contributed by atoms with Crippen LogP contribution in [0.25, 0.3) is 0 Å². The molecule has 1 aliphatic carbocycles. The van der Waals surface area contributed by atoms with Crippen LogP contribution < -0.4 is 10.1 Å². The third-order valence-corrected chi connectivity index (χ3v) is 6.07. The highest BCUT2D eigenvalue weighted by Gasteiger charge is 2.31. The summed E-state index contributed by atoms with van der Waals surface area (Å²) in [6.45, 7) is 6.29. The first kappa shape index (κ1) is 22.9. The Morgan fingerprint density at radius 3 is 2.39 bits per heavy atom. The largest absolute Gasteiger partial charge is 0.484 e. The fraction of sp³-hybridized carbons (Fsp3) is 0.462. The molecule has 0 unspecified atom stereocenters. The van der Waals surface area contributed by atoms with Gasteiger partial charge in [0.2, 0.25) is 5.91 Å². The molecular formula is C26H34N2O3. The van der Waals surface area contributed by atoms with Crippen molar-refractivity contribution in [1.82, 2.24) is 10.2 Å². The molecule has 166 valence electrons. The van der Waals surface area contributed by atoms with Crippen LogP contribution in [0.15, 0.2) is 48.5 Å². The average molecular weight is 423 g/mol. The van der Waals surface area contributed by atoms with Gasteiger partial charge in [-0.2, -0.15) is 0 Å². The van der Waals surface area contributed by atoms with Crippen molar-refractivity contribution in [2.45, 2.75) is 71.5 Å². The number of carbonyl (C=O) groups is 2. The Labute approximate surface area is 185 Å². The second kappa shape index (κ2) is 11.0. The fourth-order valence-corrected chi connectivity index (χ4v) is 4.12. The van der Waals surface area contributed by atoms with E-state index in [9.17, 15) is 9.59 Å². The van der Waals surface area contributed by atoms with Gasteiger partial charge < -0.3 is 15.0 Å². The van der Waals surface area contributed by atoms with Crippen LogP contribution in [0.4, 0.5) is 0 Å². The van der Waals surface area contributed by atoms with Gasteiger partial charge in [-0.25, -0.2) is 0 Å². The standard InChI is InChI=1S/C26H34N2O3/c1-4-24(26(30)27-22-11-7-8-12-22)28(17-21-10-6-5-9-20(21)3)25(29)18-31-23-15-13-19(2)14-16-23/h5-6,9-10,13-16,22,24H,4,7-8,11-12,17-18H2,1-3H3,(H,27,30)/t24-/m0/s1. The minimum absolute atomic E-state index is 0.0633. The number of nitrogens with one attached hydrogen (secondary N) is 1. The summed E-state index contributed by atoms with van der Waals surface area (Å²) in [6.07, 6.45) is 4.89. The molecule has 2 amide bonds. The van der Waals surface area contributed by atoms with Crippen LogP contribution in [0.5, 0.6) is 5.75 Å². The second-order valence-electron chi connectivity index (χ2n) is 8.46. The van der Waals surface area contributed by atoms with Crippen molar-refractivity contribution in [1.29, 1.82) is 0 Å². The predicted molar refractivity (Wildman–Crippen MR) is 123 cm³/mol. The summed E-state index contributed by atoms with van der Waals surface area (Å²) in [4.78, 5) is 28.1. The third kappa shape index (κ3) is 6.33. The van der Waals surface area contributed by atoms with Gasteiger partial charge in [-0.3, -0.25) is 9.59 Å². The van der Waals surface area contributed by atoms with E-state index in [0.29, 0.717) is 18.7 Å². The Hall–Kier alpha value is -2.82. The zero-order chi connectivity index (χ0) is 22.2.